The van der Waals surface area contributed by atoms with E-state index in [0.29, 0.717) is 4.90 Å². The van der Waals surface area contributed by atoms with E-state index in [0.717, 1.165) is 50.6 Å². The Bertz CT molecular complexity index is 735. The maximum Gasteiger partial charge on any atom is 0.184 e. The molecule has 1 saturated heterocycles. The monoisotopic (exact) mass is 417 g/mol. The van der Waals surface area contributed by atoms with Crippen molar-refractivity contribution in [2.45, 2.75) is 106 Å². The third-order valence-electron chi connectivity index (χ3n) is 8.10. The molecular weight excluding hydrogens is 378 g/mol. The zero-order valence-electron chi connectivity index (χ0n) is 18.0. The van der Waals surface area contributed by atoms with Crippen LogP contribution in [0.1, 0.15) is 89.9 Å². The number of rotatable bonds is 9. The van der Waals surface area contributed by atoms with Crippen molar-refractivity contribution < 1.29 is 8.42 Å². The molecule has 0 aromatic heterocycles. The lowest BCUT2D eigenvalue weighted by molar-refractivity contribution is 0.207. The van der Waals surface area contributed by atoms with Crippen LogP contribution >= 0.6 is 0 Å². The van der Waals surface area contributed by atoms with Crippen LogP contribution in [0.5, 0.6) is 0 Å². The van der Waals surface area contributed by atoms with E-state index in [-0.39, 0.29) is 0 Å². The summed E-state index contributed by atoms with van der Waals surface area (Å²) in [6, 6.07) is 9.89. The second-order valence-electron chi connectivity index (χ2n) is 9.87. The molecule has 1 aromatic carbocycles. The van der Waals surface area contributed by atoms with Gasteiger partial charge in [0.05, 0.1) is 9.64 Å². The van der Waals surface area contributed by atoms with Crippen LogP contribution in [0.2, 0.25) is 0 Å². The molecule has 0 bridgehead atoms. The Kier molecular flexibility index (Phi) is 7.01. The number of benzene rings is 1. The predicted octanol–water partition coefficient (Wildman–Crippen LogP) is 5.99. The van der Waals surface area contributed by atoms with Crippen LogP contribution < -0.4 is 0 Å². The maximum absolute atomic E-state index is 13.3. The molecule has 3 nitrogen and oxygen atoms in total. The Balaban J connectivity index is 1.29. The Hall–Kier alpha value is -0.870. The van der Waals surface area contributed by atoms with E-state index >= 15 is 0 Å². The number of hydrogen-bond acceptors (Lipinski definition) is 3. The van der Waals surface area contributed by atoms with Gasteiger partial charge in [-0.1, -0.05) is 56.7 Å². The van der Waals surface area contributed by atoms with Crippen LogP contribution in [0.3, 0.4) is 0 Å². The number of hydrogen-bond donors (Lipinski definition) is 0. The Morgan fingerprint density at radius 1 is 0.897 bits per heavy atom. The quantitative estimate of drug-likeness (QED) is 0.495. The highest BCUT2D eigenvalue weighted by Gasteiger charge is 2.48. The Morgan fingerprint density at radius 2 is 1.66 bits per heavy atom. The van der Waals surface area contributed by atoms with Crippen molar-refractivity contribution in [1.82, 2.24) is 4.90 Å². The van der Waals surface area contributed by atoms with Gasteiger partial charge >= 0.3 is 0 Å². The predicted molar refractivity (Wildman–Crippen MR) is 120 cm³/mol. The summed E-state index contributed by atoms with van der Waals surface area (Å²) in [7, 11) is -3.22. The van der Waals surface area contributed by atoms with Crippen molar-refractivity contribution in [3.05, 3.63) is 30.3 Å². The number of likely N-dealkylation sites (tertiary alicyclic amines) is 1. The van der Waals surface area contributed by atoms with Gasteiger partial charge in [-0.15, -0.1) is 0 Å². The zero-order chi connectivity index (χ0) is 20.2. The molecule has 162 valence electrons. The summed E-state index contributed by atoms with van der Waals surface area (Å²) in [5.41, 5.74) is 0. The normalized spacial score (nSPS) is 25.7. The summed E-state index contributed by atoms with van der Waals surface area (Å²) in [4.78, 5) is 3.20. The van der Waals surface area contributed by atoms with Crippen molar-refractivity contribution in [1.29, 1.82) is 0 Å². The van der Waals surface area contributed by atoms with E-state index in [1.165, 1.54) is 64.3 Å². The molecule has 1 atom stereocenters. The van der Waals surface area contributed by atoms with Gasteiger partial charge in [0.25, 0.3) is 0 Å². The molecule has 0 amide bonds. The fraction of sp³-hybridized carbons (Fsp3) is 0.760. The highest BCUT2D eigenvalue weighted by atomic mass is 32.2. The van der Waals surface area contributed by atoms with E-state index in [2.05, 4.69) is 4.90 Å². The minimum atomic E-state index is -3.22. The van der Waals surface area contributed by atoms with Gasteiger partial charge < -0.3 is 4.90 Å². The van der Waals surface area contributed by atoms with E-state index in [4.69, 9.17) is 0 Å². The largest absolute Gasteiger partial charge is 0.300 e. The summed E-state index contributed by atoms with van der Waals surface area (Å²) in [5, 5.41) is 0. The molecule has 2 aliphatic carbocycles. The van der Waals surface area contributed by atoms with Gasteiger partial charge in [0, 0.05) is 6.04 Å². The average molecular weight is 418 g/mol. The molecule has 29 heavy (non-hydrogen) atoms. The molecule has 1 unspecified atom stereocenters. The van der Waals surface area contributed by atoms with Crippen LogP contribution in [-0.2, 0) is 9.84 Å². The lowest BCUT2D eigenvalue weighted by atomic mass is 9.81. The topological polar surface area (TPSA) is 37.4 Å². The summed E-state index contributed by atoms with van der Waals surface area (Å²) in [6.07, 6.45) is 17.3. The Labute approximate surface area is 178 Å². The minimum Gasteiger partial charge on any atom is -0.300 e. The van der Waals surface area contributed by atoms with Gasteiger partial charge in [0.2, 0.25) is 0 Å². The summed E-state index contributed by atoms with van der Waals surface area (Å²) in [6.45, 7) is 2.30. The SMILES string of the molecule is O=S(=O)(c1ccccc1)C1(CCCN2CCCC2CCC2CCCCC2)CCC1. The molecule has 3 aliphatic rings. The number of sulfone groups is 1. The fourth-order valence-corrected chi connectivity index (χ4v) is 8.35. The van der Waals surface area contributed by atoms with Crippen molar-refractivity contribution in [3.8, 4) is 0 Å². The fourth-order valence-electron chi connectivity index (χ4n) is 6.10. The lowest BCUT2D eigenvalue weighted by Crippen LogP contribution is -2.45. The molecule has 4 rings (SSSR count). The third-order valence-corrected chi connectivity index (χ3v) is 10.7. The first-order valence-electron chi connectivity index (χ1n) is 12.1. The molecule has 0 spiro atoms. The van der Waals surface area contributed by atoms with E-state index in [9.17, 15) is 8.42 Å². The van der Waals surface area contributed by atoms with Crippen molar-refractivity contribution in [2.24, 2.45) is 5.92 Å². The zero-order valence-corrected chi connectivity index (χ0v) is 18.8. The van der Waals surface area contributed by atoms with Gasteiger partial charge in [0.15, 0.2) is 9.84 Å². The molecular formula is C25H39NO2S. The van der Waals surface area contributed by atoms with E-state index < -0.39 is 14.6 Å². The lowest BCUT2D eigenvalue weighted by Gasteiger charge is -2.41. The van der Waals surface area contributed by atoms with Gasteiger partial charge in [-0.2, -0.15) is 0 Å². The van der Waals surface area contributed by atoms with Gasteiger partial charge in [-0.25, -0.2) is 8.42 Å². The molecule has 0 radical (unpaired) electrons. The minimum absolute atomic E-state index is 0.494. The van der Waals surface area contributed by atoms with Crippen LogP contribution in [0.25, 0.3) is 0 Å². The first-order chi connectivity index (χ1) is 14.1. The summed E-state index contributed by atoms with van der Waals surface area (Å²) in [5.74, 6) is 0.973. The van der Waals surface area contributed by atoms with E-state index in [1.54, 1.807) is 12.1 Å². The van der Waals surface area contributed by atoms with Crippen molar-refractivity contribution >= 4 is 9.84 Å². The first-order valence-corrected chi connectivity index (χ1v) is 13.6. The van der Waals surface area contributed by atoms with Gasteiger partial charge in [0.1, 0.15) is 0 Å². The number of nitrogens with zero attached hydrogens (tertiary/aromatic N) is 1. The molecule has 3 fully saturated rings. The second kappa shape index (κ2) is 9.51. The average Bonchev–Trinajstić information content (AvgIpc) is 3.17. The highest BCUT2D eigenvalue weighted by Crippen LogP contribution is 2.46. The molecule has 1 heterocycles. The second-order valence-corrected chi connectivity index (χ2v) is 12.2. The molecule has 1 aliphatic heterocycles. The first kappa shape index (κ1) is 21.4. The summed E-state index contributed by atoms with van der Waals surface area (Å²) < 4.78 is 26.1. The molecule has 1 aromatic rings. The van der Waals surface area contributed by atoms with Crippen LogP contribution in [-0.4, -0.2) is 37.2 Å². The van der Waals surface area contributed by atoms with Crippen molar-refractivity contribution in [3.63, 3.8) is 0 Å². The van der Waals surface area contributed by atoms with Gasteiger partial charge in [-0.05, 0) is 82.5 Å². The molecule has 0 N–H and O–H groups in total. The van der Waals surface area contributed by atoms with E-state index in [1.807, 2.05) is 18.2 Å². The molecule has 4 heteroatoms. The van der Waals surface area contributed by atoms with Crippen molar-refractivity contribution in [2.75, 3.05) is 13.1 Å². The Morgan fingerprint density at radius 3 is 2.34 bits per heavy atom. The third kappa shape index (κ3) is 4.74. The maximum atomic E-state index is 13.3. The highest BCUT2D eigenvalue weighted by molar-refractivity contribution is 7.93. The van der Waals surface area contributed by atoms with Crippen LogP contribution in [0.4, 0.5) is 0 Å². The summed E-state index contributed by atoms with van der Waals surface area (Å²) >= 11 is 0. The smallest absolute Gasteiger partial charge is 0.184 e. The van der Waals surface area contributed by atoms with Crippen LogP contribution in [0, 0.1) is 5.92 Å². The standard InChI is InChI=1S/C25H39NO2S/c27-29(28,24-13-5-2-6-14-24)25(17-8-18-25)19-9-21-26-20-7-12-23(26)16-15-22-10-3-1-4-11-22/h2,5-6,13-14,22-23H,1,3-4,7-12,15-21H2. The molecule has 2 saturated carbocycles. The van der Waals surface area contributed by atoms with Crippen LogP contribution in [0.15, 0.2) is 35.2 Å². The van der Waals surface area contributed by atoms with Gasteiger partial charge in [-0.3, -0.25) is 0 Å².